The van der Waals surface area contributed by atoms with E-state index in [1.807, 2.05) is 6.20 Å². The van der Waals surface area contributed by atoms with Crippen LogP contribution in [0.15, 0.2) is 28.3 Å². The minimum absolute atomic E-state index is 0.482. The van der Waals surface area contributed by atoms with Crippen molar-refractivity contribution >= 4 is 27.3 Å². The van der Waals surface area contributed by atoms with Crippen molar-refractivity contribution in [2.24, 2.45) is 5.73 Å². The molecule has 0 unspecified atom stereocenters. The van der Waals surface area contributed by atoms with Crippen LogP contribution in [0.2, 0.25) is 0 Å². The summed E-state index contributed by atoms with van der Waals surface area (Å²) in [5.74, 6) is 0.922. The highest BCUT2D eigenvalue weighted by Gasteiger charge is 2.05. The van der Waals surface area contributed by atoms with Crippen LogP contribution in [0.5, 0.6) is 0 Å². The van der Waals surface area contributed by atoms with Crippen molar-refractivity contribution in [3.63, 3.8) is 0 Å². The molecule has 2 rings (SSSR count). The highest BCUT2D eigenvalue weighted by molar-refractivity contribution is 9.10. The van der Waals surface area contributed by atoms with E-state index in [1.54, 1.807) is 17.5 Å². The highest BCUT2D eigenvalue weighted by Crippen LogP contribution is 2.23. The van der Waals surface area contributed by atoms with Gasteiger partial charge in [0.15, 0.2) is 0 Å². The molecule has 2 aromatic heterocycles. The molecule has 2 N–H and O–H groups in total. The molecule has 14 heavy (non-hydrogen) atoms. The van der Waals surface area contributed by atoms with E-state index in [4.69, 9.17) is 5.73 Å². The number of nitrogens with zero attached hydrogens (tertiary/aromatic N) is 2. The molecule has 0 aromatic carbocycles. The van der Waals surface area contributed by atoms with E-state index in [2.05, 4.69) is 36.9 Å². The first-order chi connectivity index (χ1) is 6.81. The molecule has 0 bridgehead atoms. The van der Waals surface area contributed by atoms with Crippen molar-refractivity contribution in [1.29, 1.82) is 0 Å². The van der Waals surface area contributed by atoms with Gasteiger partial charge in [-0.3, -0.25) is 0 Å². The highest BCUT2D eigenvalue weighted by atomic mass is 79.9. The van der Waals surface area contributed by atoms with Crippen molar-refractivity contribution in [1.82, 2.24) is 9.55 Å². The van der Waals surface area contributed by atoms with E-state index in [1.165, 1.54) is 4.88 Å². The van der Waals surface area contributed by atoms with E-state index in [-0.39, 0.29) is 0 Å². The predicted molar refractivity (Wildman–Crippen MR) is 61.2 cm³/mol. The van der Waals surface area contributed by atoms with Gasteiger partial charge in [-0.2, -0.15) is 0 Å². The van der Waals surface area contributed by atoms with Crippen LogP contribution < -0.4 is 5.73 Å². The summed E-state index contributed by atoms with van der Waals surface area (Å²) in [5.41, 5.74) is 5.57. The van der Waals surface area contributed by atoms with E-state index in [9.17, 15) is 0 Å². The second-order valence-electron chi connectivity index (χ2n) is 2.87. The minimum Gasteiger partial charge on any atom is -0.329 e. The molecule has 0 spiro atoms. The Labute approximate surface area is 94.7 Å². The van der Waals surface area contributed by atoms with Gasteiger partial charge < -0.3 is 10.3 Å². The van der Waals surface area contributed by atoms with E-state index in [0.717, 1.165) is 16.8 Å². The molecule has 0 fully saturated rings. The van der Waals surface area contributed by atoms with E-state index >= 15 is 0 Å². The Kier molecular flexibility index (Phi) is 3.00. The van der Waals surface area contributed by atoms with Crippen LogP contribution in [0.3, 0.4) is 0 Å². The van der Waals surface area contributed by atoms with Gasteiger partial charge in [-0.1, -0.05) is 0 Å². The zero-order valence-electron chi connectivity index (χ0n) is 7.48. The van der Waals surface area contributed by atoms with Gasteiger partial charge in [0.25, 0.3) is 0 Å². The zero-order chi connectivity index (χ0) is 9.97. The summed E-state index contributed by atoms with van der Waals surface area (Å²) < 4.78 is 3.22. The largest absolute Gasteiger partial charge is 0.329 e. The number of nitrogens with two attached hydrogens (primary N) is 1. The molecule has 0 saturated heterocycles. The molecule has 3 nitrogen and oxygen atoms in total. The van der Waals surface area contributed by atoms with Crippen LogP contribution in [-0.4, -0.2) is 9.55 Å². The Bertz CT molecular complexity index is 421. The lowest BCUT2D eigenvalue weighted by molar-refractivity contribution is 0.730. The van der Waals surface area contributed by atoms with Gasteiger partial charge in [-0.05, 0) is 27.4 Å². The number of imidazole rings is 1. The molecule has 0 aliphatic rings. The Morgan fingerprint density at radius 1 is 1.57 bits per heavy atom. The predicted octanol–water partition coefficient (Wildman–Crippen LogP) is 2.21. The van der Waals surface area contributed by atoms with Gasteiger partial charge in [0.05, 0.1) is 13.1 Å². The summed E-state index contributed by atoms with van der Waals surface area (Å²) in [6, 6.07) is 2.05. The first-order valence-corrected chi connectivity index (χ1v) is 5.90. The molecular weight excluding hydrogens is 262 g/mol. The zero-order valence-corrected chi connectivity index (χ0v) is 9.88. The minimum atomic E-state index is 0.482. The molecule has 0 saturated carbocycles. The summed E-state index contributed by atoms with van der Waals surface area (Å²) in [6.07, 6.45) is 3.73. The standard InChI is InChI=1S/C9H10BrN3S/c10-7-1-4-14-8(7)6-13-3-2-12-9(13)5-11/h1-4H,5-6,11H2. The second kappa shape index (κ2) is 4.25. The van der Waals surface area contributed by atoms with E-state index in [0.29, 0.717) is 6.54 Å². The quantitative estimate of drug-likeness (QED) is 0.931. The monoisotopic (exact) mass is 271 g/mol. The maximum Gasteiger partial charge on any atom is 0.122 e. The van der Waals surface area contributed by atoms with Crippen LogP contribution in [0.25, 0.3) is 0 Å². The molecule has 0 atom stereocenters. The third-order valence-corrected chi connectivity index (χ3v) is 3.90. The van der Waals surface area contributed by atoms with Crippen LogP contribution in [0.1, 0.15) is 10.7 Å². The normalized spacial score (nSPS) is 10.7. The smallest absolute Gasteiger partial charge is 0.122 e. The van der Waals surface area contributed by atoms with Crippen molar-refractivity contribution in [2.75, 3.05) is 0 Å². The first-order valence-electron chi connectivity index (χ1n) is 4.23. The number of rotatable bonds is 3. The Morgan fingerprint density at radius 3 is 3.07 bits per heavy atom. The number of halogens is 1. The maximum atomic E-state index is 5.57. The topological polar surface area (TPSA) is 43.8 Å². The summed E-state index contributed by atoms with van der Waals surface area (Å²) in [6.45, 7) is 1.32. The van der Waals surface area contributed by atoms with Gasteiger partial charge in [-0.25, -0.2) is 4.98 Å². The third-order valence-electron chi connectivity index (χ3n) is 1.99. The molecule has 0 aliphatic heterocycles. The van der Waals surface area contributed by atoms with Crippen molar-refractivity contribution in [3.8, 4) is 0 Å². The van der Waals surface area contributed by atoms with Crippen LogP contribution in [0.4, 0.5) is 0 Å². The Balaban J connectivity index is 2.22. The fourth-order valence-electron chi connectivity index (χ4n) is 1.27. The summed E-state index contributed by atoms with van der Waals surface area (Å²) in [7, 11) is 0. The first kappa shape index (κ1) is 9.89. The number of hydrogen-bond acceptors (Lipinski definition) is 3. The lowest BCUT2D eigenvalue weighted by atomic mass is 10.4. The Hall–Kier alpha value is -0.650. The fourth-order valence-corrected chi connectivity index (χ4v) is 2.74. The van der Waals surface area contributed by atoms with Gasteiger partial charge >= 0.3 is 0 Å². The molecule has 74 valence electrons. The molecule has 5 heteroatoms. The van der Waals surface area contributed by atoms with Gasteiger partial charge in [-0.15, -0.1) is 11.3 Å². The fraction of sp³-hybridized carbons (Fsp3) is 0.222. The van der Waals surface area contributed by atoms with Crippen molar-refractivity contribution < 1.29 is 0 Å². The molecule has 0 radical (unpaired) electrons. The summed E-state index contributed by atoms with van der Waals surface area (Å²) in [4.78, 5) is 5.46. The van der Waals surface area contributed by atoms with Crippen LogP contribution in [0, 0.1) is 0 Å². The number of aromatic nitrogens is 2. The lowest BCUT2D eigenvalue weighted by Gasteiger charge is -2.04. The maximum absolute atomic E-state index is 5.57. The van der Waals surface area contributed by atoms with Crippen molar-refractivity contribution in [2.45, 2.75) is 13.1 Å². The molecular formula is C9H10BrN3S. The molecule has 2 heterocycles. The van der Waals surface area contributed by atoms with Gasteiger partial charge in [0.2, 0.25) is 0 Å². The van der Waals surface area contributed by atoms with Crippen LogP contribution >= 0.6 is 27.3 Å². The molecule has 0 aliphatic carbocycles. The Morgan fingerprint density at radius 2 is 2.43 bits per heavy atom. The lowest BCUT2D eigenvalue weighted by Crippen LogP contribution is -2.08. The average Bonchev–Trinajstić information content (AvgIpc) is 2.77. The summed E-state index contributed by atoms with van der Waals surface area (Å²) in [5, 5.41) is 2.07. The summed E-state index contributed by atoms with van der Waals surface area (Å²) >= 11 is 5.23. The average molecular weight is 272 g/mol. The number of hydrogen-bond donors (Lipinski definition) is 1. The SMILES string of the molecule is NCc1nccn1Cc1sccc1Br. The third kappa shape index (κ3) is 1.89. The van der Waals surface area contributed by atoms with Crippen LogP contribution in [-0.2, 0) is 13.1 Å². The molecule has 0 amide bonds. The molecule has 2 aromatic rings. The second-order valence-corrected chi connectivity index (χ2v) is 4.72. The van der Waals surface area contributed by atoms with Crippen molar-refractivity contribution in [3.05, 3.63) is 39.0 Å². The van der Waals surface area contributed by atoms with Gasteiger partial charge in [0.1, 0.15) is 5.82 Å². The van der Waals surface area contributed by atoms with E-state index < -0.39 is 0 Å². The van der Waals surface area contributed by atoms with Gasteiger partial charge in [0, 0.05) is 21.7 Å². The number of thiophene rings is 1.